The summed E-state index contributed by atoms with van der Waals surface area (Å²) in [5, 5.41) is 9.21. The van der Waals surface area contributed by atoms with Gasteiger partial charge in [0.2, 0.25) is 0 Å². The fraction of sp³-hybridized carbons (Fsp3) is 0.857. The summed E-state index contributed by atoms with van der Waals surface area (Å²) in [6, 6.07) is 0. The minimum atomic E-state index is -0.678. The fourth-order valence-corrected chi connectivity index (χ4v) is 2.74. The minimum absolute atomic E-state index is 0.239. The van der Waals surface area contributed by atoms with Gasteiger partial charge in [-0.3, -0.25) is 4.79 Å². The van der Waals surface area contributed by atoms with Crippen molar-refractivity contribution in [1.82, 2.24) is 0 Å². The number of rotatable bonds is 15. The monoisotopic (exact) mass is 324 g/mol. The molecule has 0 rings (SSSR count). The standard InChI is InChI=1S/C21H40O2/c1-5-6-7-8-9-10-11-12-13-14-15-16-17-18-19(2)21(3,4)20(22)23/h12-13,19H,5-11,14-18H2,1-4H3,(H,22,23). The molecule has 0 aromatic heterocycles. The molecule has 0 aromatic rings. The summed E-state index contributed by atoms with van der Waals surface area (Å²) in [5.41, 5.74) is -0.600. The smallest absolute Gasteiger partial charge is 0.309 e. The molecular formula is C21H40O2. The molecule has 0 heterocycles. The molecule has 2 heteroatoms. The van der Waals surface area contributed by atoms with Crippen LogP contribution < -0.4 is 0 Å². The van der Waals surface area contributed by atoms with Crippen LogP contribution in [0.4, 0.5) is 0 Å². The van der Waals surface area contributed by atoms with Gasteiger partial charge in [0.25, 0.3) is 0 Å². The zero-order chi connectivity index (χ0) is 17.6. The summed E-state index contributed by atoms with van der Waals surface area (Å²) in [4.78, 5) is 11.2. The van der Waals surface area contributed by atoms with Crippen molar-refractivity contribution in [3.8, 4) is 0 Å². The van der Waals surface area contributed by atoms with Crippen LogP contribution in [-0.2, 0) is 4.79 Å². The molecule has 1 atom stereocenters. The molecule has 1 unspecified atom stereocenters. The van der Waals surface area contributed by atoms with Crippen LogP contribution in [0.3, 0.4) is 0 Å². The van der Waals surface area contributed by atoms with Crippen molar-refractivity contribution >= 4 is 5.97 Å². The molecule has 1 N–H and O–H groups in total. The van der Waals surface area contributed by atoms with E-state index in [1.54, 1.807) is 0 Å². The molecule has 0 fully saturated rings. The van der Waals surface area contributed by atoms with Crippen LogP contribution in [0.1, 0.15) is 105 Å². The predicted molar refractivity (Wildman–Crippen MR) is 101 cm³/mol. The van der Waals surface area contributed by atoms with Crippen molar-refractivity contribution < 1.29 is 9.90 Å². The molecule has 0 aliphatic heterocycles. The zero-order valence-corrected chi connectivity index (χ0v) is 16.1. The maximum absolute atomic E-state index is 11.2. The predicted octanol–water partition coefficient (Wildman–Crippen LogP) is 6.99. The number of carboxylic acid groups (broad SMARTS) is 1. The van der Waals surface area contributed by atoms with E-state index in [0.29, 0.717) is 0 Å². The summed E-state index contributed by atoms with van der Waals surface area (Å²) in [6.45, 7) is 8.00. The van der Waals surface area contributed by atoms with Gasteiger partial charge in [-0.25, -0.2) is 0 Å². The van der Waals surface area contributed by atoms with Crippen molar-refractivity contribution in [3.63, 3.8) is 0 Å². The Kier molecular flexibility index (Phi) is 13.2. The first kappa shape index (κ1) is 22.2. The van der Waals surface area contributed by atoms with Crippen LogP contribution in [0.2, 0.25) is 0 Å². The Balaban J connectivity index is 3.45. The van der Waals surface area contributed by atoms with E-state index in [1.807, 2.05) is 13.8 Å². The third-order valence-electron chi connectivity index (χ3n) is 5.18. The molecular weight excluding hydrogens is 284 g/mol. The van der Waals surface area contributed by atoms with E-state index in [9.17, 15) is 9.90 Å². The second-order valence-corrected chi connectivity index (χ2v) is 7.59. The molecule has 136 valence electrons. The Morgan fingerprint density at radius 3 is 1.91 bits per heavy atom. The first-order valence-electron chi connectivity index (χ1n) is 9.81. The molecule has 0 amide bonds. The van der Waals surface area contributed by atoms with Crippen LogP contribution in [0, 0.1) is 11.3 Å². The maximum atomic E-state index is 11.2. The van der Waals surface area contributed by atoms with E-state index in [2.05, 4.69) is 26.0 Å². The highest BCUT2D eigenvalue weighted by molar-refractivity contribution is 5.73. The molecule has 0 bridgehead atoms. The highest BCUT2D eigenvalue weighted by Gasteiger charge is 2.33. The average molecular weight is 325 g/mol. The van der Waals surface area contributed by atoms with Crippen LogP contribution in [0.5, 0.6) is 0 Å². The lowest BCUT2D eigenvalue weighted by Gasteiger charge is -2.27. The van der Waals surface area contributed by atoms with Gasteiger partial charge >= 0.3 is 5.97 Å². The quantitative estimate of drug-likeness (QED) is 0.260. The van der Waals surface area contributed by atoms with E-state index in [-0.39, 0.29) is 5.92 Å². The summed E-state index contributed by atoms with van der Waals surface area (Å²) in [6.07, 6.45) is 19.9. The number of unbranched alkanes of at least 4 members (excludes halogenated alkanes) is 9. The van der Waals surface area contributed by atoms with E-state index < -0.39 is 11.4 Å². The lowest BCUT2D eigenvalue weighted by Crippen LogP contribution is -2.31. The highest BCUT2D eigenvalue weighted by atomic mass is 16.4. The van der Waals surface area contributed by atoms with E-state index in [1.165, 1.54) is 64.2 Å². The Morgan fingerprint density at radius 1 is 0.913 bits per heavy atom. The summed E-state index contributed by atoms with van der Waals surface area (Å²) >= 11 is 0. The van der Waals surface area contributed by atoms with Crippen molar-refractivity contribution in [2.45, 2.75) is 105 Å². The largest absolute Gasteiger partial charge is 0.481 e. The van der Waals surface area contributed by atoms with Crippen LogP contribution >= 0.6 is 0 Å². The van der Waals surface area contributed by atoms with Crippen LogP contribution in [0.25, 0.3) is 0 Å². The fourth-order valence-electron chi connectivity index (χ4n) is 2.74. The van der Waals surface area contributed by atoms with Gasteiger partial charge in [0.15, 0.2) is 0 Å². The van der Waals surface area contributed by atoms with Gasteiger partial charge in [-0.05, 0) is 51.9 Å². The van der Waals surface area contributed by atoms with Gasteiger partial charge in [-0.15, -0.1) is 0 Å². The molecule has 0 spiro atoms. The van der Waals surface area contributed by atoms with Crippen LogP contribution in [0.15, 0.2) is 12.2 Å². The first-order valence-corrected chi connectivity index (χ1v) is 9.81. The molecule has 0 radical (unpaired) electrons. The second kappa shape index (κ2) is 13.6. The van der Waals surface area contributed by atoms with Gasteiger partial charge in [0, 0.05) is 0 Å². The van der Waals surface area contributed by atoms with Crippen molar-refractivity contribution in [3.05, 3.63) is 12.2 Å². The summed E-state index contributed by atoms with van der Waals surface area (Å²) < 4.78 is 0. The maximum Gasteiger partial charge on any atom is 0.309 e. The van der Waals surface area contributed by atoms with Gasteiger partial charge in [-0.2, -0.15) is 0 Å². The molecule has 0 aliphatic carbocycles. The molecule has 23 heavy (non-hydrogen) atoms. The number of hydrogen-bond donors (Lipinski definition) is 1. The minimum Gasteiger partial charge on any atom is -0.481 e. The third kappa shape index (κ3) is 11.4. The Labute approximate surface area is 144 Å². The summed E-state index contributed by atoms with van der Waals surface area (Å²) in [7, 11) is 0. The van der Waals surface area contributed by atoms with Gasteiger partial charge in [-0.1, -0.05) is 70.9 Å². The molecule has 2 nitrogen and oxygen atoms in total. The number of carboxylic acids is 1. The van der Waals surface area contributed by atoms with E-state index in [0.717, 1.165) is 12.8 Å². The first-order chi connectivity index (χ1) is 10.9. The van der Waals surface area contributed by atoms with E-state index >= 15 is 0 Å². The average Bonchev–Trinajstić information content (AvgIpc) is 2.51. The van der Waals surface area contributed by atoms with Crippen LogP contribution in [-0.4, -0.2) is 11.1 Å². The van der Waals surface area contributed by atoms with Crippen molar-refractivity contribution in [2.24, 2.45) is 11.3 Å². The Bertz CT molecular complexity index is 318. The normalized spacial score (nSPS) is 13.6. The molecule has 0 saturated carbocycles. The topological polar surface area (TPSA) is 37.3 Å². The Hall–Kier alpha value is -0.790. The number of aliphatic carboxylic acids is 1. The number of carbonyl (C=O) groups is 1. The second-order valence-electron chi connectivity index (χ2n) is 7.59. The Morgan fingerprint density at radius 2 is 1.39 bits per heavy atom. The number of allylic oxidation sites excluding steroid dienone is 2. The SMILES string of the molecule is CCCCCCCCC=CCCCCCC(C)C(C)(C)C(=O)O. The van der Waals surface area contributed by atoms with Gasteiger partial charge in [0.1, 0.15) is 0 Å². The highest BCUT2D eigenvalue weighted by Crippen LogP contribution is 2.30. The number of hydrogen-bond acceptors (Lipinski definition) is 1. The lowest BCUT2D eigenvalue weighted by molar-refractivity contribution is -0.149. The lowest BCUT2D eigenvalue weighted by atomic mass is 9.77. The molecule has 0 saturated heterocycles. The molecule has 0 aromatic carbocycles. The zero-order valence-electron chi connectivity index (χ0n) is 16.1. The summed E-state index contributed by atoms with van der Waals surface area (Å²) in [5.74, 6) is -0.439. The van der Waals surface area contributed by atoms with Crippen molar-refractivity contribution in [2.75, 3.05) is 0 Å². The van der Waals surface area contributed by atoms with Gasteiger partial charge < -0.3 is 5.11 Å². The third-order valence-corrected chi connectivity index (χ3v) is 5.18. The van der Waals surface area contributed by atoms with E-state index in [4.69, 9.17) is 0 Å². The van der Waals surface area contributed by atoms with Gasteiger partial charge in [0.05, 0.1) is 5.41 Å². The van der Waals surface area contributed by atoms with Crippen molar-refractivity contribution in [1.29, 1.82) is 0 Å². The molecule has 0 aliphatic rings.